The summed E-state index contributed by atoms with van der Waals surface area (Å²) in [6.45, 7) is 2.79. The van der Waals surface area contributed by atoms with Crippen LogP contribution >= 0.6 is 12.4 Å². The van der Waals surface area contributed by atoms with Gasteiger partial charge in [0.25, 0.3) is 0 Å². The number of piperidine rings is 1. The second-order valence-electron chi connectivity index (χ2n) is 3.98. The molecule has 0 amide bonds. The van der Waals surface area contributed by atoms with Crippen molar-refractivity contribution in [3.8, 4) is 5.75 Å². The van der Waals surface area contributed by atoms with Gasteiger partial charge in [-0.25, -0.2) is 4.39 Å². The Hall–Kier alpha value is -0.800. The molecule has 4 heteroatoms. The molecule has 1 fully saturated rings. The second-order valence-corrected chi connectivity index (χ2v) is 3.98. The predicted octanol–water partition coefficient (Wildman–Crippen LogP) is 2.63. The van der Waals surface area contributed by atoms with Crippen molar-refractivity contribution in [1.82, 2.24) is 5.32 Å². The summed E-state index contributed by atoms with van der Waals surface area (Å²) in [5.74, 6) is 0.942. The molecular formula is C12H17ClFNO. The van der Waals surface area contributed by atoms with E-state index in [4.69, 9.17) is 4.74 Å². The third-order valence-electron chi connectivity index (χ3n) is 2.68. The van der Waals surface area contributed by atoms with E-state index in [1.807, 2.05) is 0 Å². The maximum absolute atomic E-state index is 12.8. The first-order chi connectivity index (χ1) is 7.34. The lowest BCUT2D eigenvalue weighted by Gasteiger charge is -2.22. The van der Waals surface area contributed by atoms with Gasteiger partial charge in [0.05, 0.1) is 6.61 Å². The molecular weight excluding hydrogens is 229 g/mol. The summed E-state index contributed by atoms with van der Waals surface area (Å²) in [7, 11) is 0. The Kier molecular flexibility index (Phi) is 5.56. The molecule has 90 valence electrons. The Labute approximate surface area is 102 Å². The Morgan fingerprint density at radius 2 is 2.31 bits per heavy atom. The fourth-order valence-electron chi connectivity index (χ4n) is 1.84. The number of ether oxygens (including phenoxy) is 1. The molecule has 1 aromatic rings. The van der Waals surface area contributed by atoms with Crippen LogP contribution in [0.4, 0.5) is 4.39 Å². The molecule has 2 rings (SSSR count). The summed E-state index contributed by atoms with van der Waals surface area (Å²) < 4.78 is 18.4. The zero-order valence-corrected chi connectivity index (χ0v) is 9.93. The first-order valence-electron chi connectivity index (χ1n) is 5.44. The topological polar surface area (TPSA) is 21.3 Å². The molecule has 0 bridgehead atoms. The zero-order valence-electron chi connectivity index (χ0n) is 9.12. The van der Waals surface area contributed by atoms with E-state index in [1.54, 1.807) is 12.1 Å². The van der Waals surface area contributed by atoms with Gasteiger partial charge >= 0.3 is 0 Å². The van der Waals surface area contributed by atoms with Crippen molar-refractivity contribution in [1.29, 1.82) is 0 Å². The number of hydrogen-bond acceptors (Lipinski definition) is 2. The molecule has 2 nitrogen and oxygen atoms in total. The van der Waals surface area contributed by atoms with Crippen LogP contribution in [0.2, 0.25) is 0 Å². The van der Waals surface area contributed by atoms with Crippen LogP contribution in [0.3, 0.4) is 0 Å². The molecule has 1 unspecified atom stereocenters. The lowest BCUT2D eigenvalue weighted by Crippen LogP contribution is -2.33. The van der Waals surface area contributed by atoms with Crippen LogP contribution in [-0.2, 0) is 0 Å². The van der Waals surface area contributed by atoms with Crippen LogP contribution in [0.25, 0.3) is 0 Å². The summed E-state index contributed by atoms with van der Waals surface area (Å²) in [6.07, 6.45) is 2.40. The van der Waals surface area contributed by atoms with E-state index in [0.29, 0.717) is 18.3 Å². The van der Waals surface area contributed by atoms with Gasteiger partial charge in [0, 0.05) is 18.5 Å². The highest BCUT2D eigenvalue weighted by atomic mass is 35.5. The molecule has 0 spiro atoms. The molecule has 0 aromatic heterocycles. The molecule has 1 aromatic carbocycles. The lowest BCUT2D eigenvalue weighted by atomic mass is 10.0. The van der Waals surface area contributed by atoms with Crippen molar-refractivity contribution in [2.24, 2.45) is 5.92 Å². The molecule has 1 atom stereocenters. The first-order valence-corrected chi connectivity index (χ1v) is 5.44. The Morgan fingerprint density at radius 3 is 3.00 bits per heavy atom. The fourth-order valence-corrected chi connectivity index (χ4v) is 1.84. The number of hydrogen-bond donors (Lipinski definition) is 1. The zero-order chi connectivity index (χ0) is 10.5. The molecule has 1 aliphatic heterocycles. The normalized spacial score (nSPS) is 19.9. The minimum absolute atomic E-state index is 0. The minimum atomic E-state index is -0.241. The summed E-state index contributed by atoms with van der Waals surface area (Å²) in [4.78, 5) is 0. The van der Waals surface area contributed by atoms with Gasteiger partial charge in [-0.3, -0.25) is 0 Å². The summed E-state index contributed by atoms with van der Waals surface area (Å²) in [5, 5.41) is 3.33. The number of halogens is 2. The third-order valence-corrected chi connectivity index (χ3v) is 2.68. The third kappa shape index (κ3) is 3.99. The van der Waals surface area contributed by atoms with Gasteiger partial charge in [-0.15, -0.1) is 12.4 Å². The van der Waals surface area contributed by atoms with E-state index >= 15 is 0 Å². The number of benzene rings is 1. The van der Waals surface area contributed by atoms with E-state index in [1.165, 1.54) is 25.0 Å². The highest BCUT2D eigenvalue weighted by Gasteiger charge is 2.13. The predicted molar refractivity (Wildman–Crippen MR) is 64.7 cm³/mol. The first kappa shape index (κ1) is 13.3. The largest absolute Gasteiger partial charge is 0.493 e. The smallest absolute Gasteiger partial charge is 0.126 e. The second kappa shape index (κ2) is 6.71. The summed E-state index contributed by atoms with van der Waals surface area (Å²) >= 11 is 0. The highest BCUT2D eigenvalue weighted by molar-refractivity contribution is 5.85. The van der Waals surface area contributed by atoms with Crippen molar-refractivity contribution < 1.29 is 9.13 Å². The van der Waals surface area contributed by atoms with Gasteiger partial charge in [0.2, 0.25) is 0 Å². The van der Waals surface area contributed by atoms with Gasteiger partial charge < -0.3 is 10.1 Å². The standard InChI is InChI=1S/C12H16FNO.ClH/c13-11-4-1-5-12(7-11)15-9-10-3-2-6-14-8-10;/h1,4-5,7,10,14H,2-3,6,8-9H2;1H. The van der Waals surface area contributed by atoms with Crippen molar-refractivity contribution in [2.45, 2.75) is 12.8 Å². The molecule has 1 aliphatic rings. The molecule has 16 heavy (non-hydrogen) atoms. The Balaban J connectivity index is 0.00000128. The average molecular weight is 246 g/mol. The maximum Gasteiger partial charge on any atom is 0.126 e. The highest BCUT2D eigenvalue weighted by Crippen LogP contribution is 2.15. The van der Waals surface area contributed by atoms with Crippen LogP contribution < -0.4 is 10.1 Å². The van der Waals surface area contributed by atoms with E-state index < -0.39 is 0 Å². The van der Waals surface area contributed by atoms with Gasteiger partial charge in [-0.1, -0.05) is 6.07 Å². The van der Waals surface area contributed by atoms with Crippen molar-refractivity contribution in [2.75, 3.05) is 19.7 Å². The SMILES string of the molecule is Cl.Fc1cccc(OCC2CCCNC2)c1. The van der Waals surface area contributed by atoms with Gasteiger partial charge in [-0.05, 0) is 31.5 Å². The van der Waals surface area contributed by atoms with Crippen LogP contribution in [0.15, 0.2) is 24.3 Å². The van der Waals surface area contributed by atoms with Gasteiger partial charge in [-0.2, -0.15) is 0 Å². The fraction of sp³-hybridized carbons (Fsp3) is 0.500. The van der Waals surface area contributed by atoms with Crippen LogP contribution in [-0.4, -0.2) is 19.7 Å². The quantitative estimate of drug-likeness (QED) is 0.884. The molecule has 1 heterocycles. The number of nitrogens with one attached hydrogen (secondary N) is 1. The van der Waals surface area contributed by atoms with E-state index in [2.05, 4.69) is 5.32 Å². The van der Waals surface area contributed by atoms with Crippen molar-refractivity contribution in [3.63, 3.8) is 0 Å². The van der Waals surface area contributed by atoms with Gasteiger partial charge in [0.15, 0.2) is 0 Å². The average Bonchev–Trinajstić information content (AvgIpc) is 2.28. The van der Waals surface area contributed by atoms with E-state index in [0.717, 1.165) is 13.1 Å². The maximum atomic E-state index is 12.8. The van der Waals surface area contributed by atoms with Crippen LogP contribution in [0.1, 0.15) is 12.8 Å². The molecule has 0 radical (unpaired) electrons. The number of rotatable bonds is 3. The Bertz CT molecular complexity index is 316. The van der Waals surface area contributed by atoms with E-state index in [-0.39, 0.29) is 18.2 Å². The van der Waals surface area contributed by atoms with Crippen LogP contribution in [0.5, 0.6) is 5.75 Å². The van der Waals surface area contributed by atoms with Crippen molar-refractivity contribution in [3.05, 3.63) is 30.1 Å². The van der Waals surface area contributed by atoms with E-state index in [9.17, 15) is 4.39 Å². The van der Waals surface area contributed by atoms with Crippen LogP contribution in [0, 0.1) is 11.7 Å². The monoisotopic (exact) mass is 245 g/mol. The molecule has 1 N–H and O–H groups in total. The van der Waals surface area contributed by atoms with Crippen molar-refractivity contribution >= 4 is 12.4 Å². The molecule has 1 saturated heterocycles. The molecule has 0 aliphatic carbocycles. The van der Waals surface area contributed by atoms with Gasteiger partial charge in [0.1, 0.15) is 11.6 Å². The Morgan fingerprint density at radius 1 is 1.44 bits per heavy atom. The summed E-state index contributed by atoms with van der Waals surface area (Å²) in [5.41, 5.74) is 0. The molecule has 0 saturated carbocycles. The minimum Gasteiger partial charge on any atom is -0.493 e. The summed E-state index contributed by atoms with van der Waals surface area (Å²) in [6, 6.07) is 6.31. The lowest BCUT2D eigenvalue weighted by molar-refractivity contribution is 0.218.